The second kappa shape index (κ2) is 6.24. The highest BCUT2D eigenvalue weighted by atomic mass is 14.0. The maximum atomic E-state index is 5.26. The minimum absolute atomic E-state index is 0.438. The van der Waals surface area contributed by atoms with Crippen molar-refractivity contribution < 1.29 is 0 Å². The highest BCUT2D eigenvalue weighted by Crippen LogP contribution is 2.10. The fraction of sp³-hybridized carbons (Fsp3) is 0.600. The summed E-state index contributed by atoms with van der Waals surface area (Å²) in [6.45, 7) is 2.11. The maximum absolute atomic E-state index is 5.26. The van der Waals surface area contributed by atoms with Crippen LogP contribution in [0.25, 0.3) is 0 Å². The van der Waals surface area contributed by atoms with E-state index in [1.165, 1.54) is 0 Å². The summed E-state index contributed by atoms with van der Waals surface area (Å²) in [6.07, 6.45) is 14.4. The Balaban J connectivity index is 3.30. The molecule has 0 heteroatoms. The molecule has 0 saturated heterocycles. The van der Waals surface area contributed by atoms with Gasteiger partial charge in [0.2, 0.25) is 0 Å². The van der Waals surface area contributed by atoms with Gasteiger partial charge < -0.3 is 0 Å². The van der Waals surface area contributed by atoms with Gasteiger partial charge in [0.15, 0.2) is 0 Å². The van der Waals surface area contributed by atoms with Crippen molar-refractivity contribution in [3.8, 4) is 24.7 Å². The molecule has 0 aromatic rings. The molecule has 1 atom stereocenters. The maximum Gasteiger partial charge on any atom is 0.0197 e. The molecule has 10 heavy (non-hydrogen) atoms. The van der Waals surface area contributed by atoms with Crippen molar-refractivity contribution in [1.82, 2.24) is 0 Å². The Morgan fingerprint density at radius 2 is 2.10 bits per heavy atom. The van der Waals surface area contributed by atoms with Crippen molar-refractivity contribution in [2.24, 2.45) is 5.92 Å². The molecule has 0 heterocycles. The zero-order valence-electron chi connectivity index (χ0n) is 6.56. The minimum Gasteiger partial charge on any atom is -0.120 e. The monoisotopic (exact) mass is 134 g/mol. The molecule has 0 saturated carbocycles. The van der Waals surface area contributed by atoms with Gasteiger partial charge in [-0.3, -0.25) is 0 Å². The first kappa shape index (κ1) is 9.12. The van der Waals surface area contributed by atoms with Crippen LogP contribution in [-0.2, 0) is 0 Å². The van der Waals surface area contributed by atoms with E-state index in [4.69, 9.17) is 12.8 Å². The lowest BCUT2D eigenvalue weighted by atomic mass is 10.0. The predicted octanol–water partition coefficient (Wildman–Crippen LogP) is 2.45. The van der Waals surface area contributed by atoms with Gasteiger partial charge in [-0.05, 0) is 19.3 Å². The van der Waals surface area contributed by atoms with Crippen molar-refractivity contribution in [3.05, 3.63) is 0 Å². The van der Waals surface area contributed by atoms with E-state index in [0.29, 0.717) is 5.92 Å². The number of rotatable bonds is 4. The Morgan fingerprint density at radius 3 is 2.50 bits per heavy atom. The fourth-order valence-corrected chi connectivity index (χ4v) is 0.856. The van der Waals surface area contributed by atoms with Gasteiger partial charge >= 0.3 is 0 Å². The summed E-state index contributed by atoms with van der Waals surface area (Å²) in [5.74, 6) is 5.78. The predicted molar refractivity (Wildman–Crippen MR) is 45.3 cm³/mol. The Morgan fingerprint density at radius 1 is 1.40 bits per heavy atom. The fourth-order valence-electron chi connectivity index (χ4n) is 0.856. The molecule has 0 aliphatic rings. The molecular weight excluding hydrogens is 120 g/mol. The minimum atomic E-state index is 0.438. The molecule has 0 aliphatic heterocycles. The summed E-state index contributed by atoms with van der Waals surface area (Å²) in [7, 11) is 0. The quantitative estimate of drug-likeness (QED) is 0.409. The van der Waals surface area contributed by atoms with E-state index >= 15 is 0 Å². The van der Waals surface area contributed by atoms with Crippen LogP contribution in [0.3, 0.4) is 0 Å². The molecule has 0 radical (unpaired) electrons. The lowest BCUT2D eigenvalue weighted by Crippen LogP contribution is -1.93. The van der Waals surface area contributed by atoms with Gasteiger partial charge in [0.25, 0.3) is 0 Å². The van der Waals surface area contributed by atoms with E-state index in [9.17, 15) is 0 Å². The van der Waals surface area contributed by atoms with Crippen LogP contribution < -0.4 is 0 Å². The van der Waals surface area contributed by atoms with Crippen LogP contribution in [0.15, 0.2) is 0 Å². The standard InChI is InChI=1S/C10H14/c1-4-7-8-9-10(5-2)6-3/h1-2,10H,6-9H2,3H3. The van der Waals surface area contributed by atoms with E-state index in [-0.39, 0.29) is 0 Å². The average Bonchev–Trinajstić information content (AvgIpc) is 1.99. The molecule has 0 N–H and O–H groups in total. The van der Waals surface area contributed by atoms with E-state index in [1.54, 1.807) is 0 Å². The van der Waals surface area contributed by atoms with Gasteiger partial charge in [-0.25, -0.2) is 0 Å². The molecule has 0 aromatic heterocycles. The lowest BCUT2D eigenvalue weighted by molar-refractivity contribution is 0.569. The highest BCUT2D eigenvalue weighted by molar-refractivity contribution is 4.93. The number of unbranched alkanes of at least 4 members (excludes halogenated alkanes) is 1. The van der Waals surface area contributed by atoms with Crippen LogP contribution in [-0.4, -0.2) is 0 Å². The third-order valence-electron chi connectivity index (χ3n) is 1.60. The summed E-state index contributed by atoms with van der Waals surface area (Å²) in [6, 6.07) is 0. The Hall–Kier alpha value is -0.880. The van der Waals surface area contributed by atoms with Crippen LogP contribution in [0.1, 0.15) is 32.6 Å². The third kappa shape index (κ3) is 4.04. The summed E-state index contributed by atoms with van der Waals surface area (Å²) >= 11 is 0. The normalized spacial score (nSPS) is 11.5. The molecule has 0 bridgehead atoms. The number of terminal acetylenes is 2. The zero-order valence-corrected chi connectivity index (χ0v) is 6.56. The van der Waals surface area contributed by atoms with Crippen LogP contribution in [0.4, 0.5) is 0 Å². The van der Waals surface area contributed by atoms with Gasteiger partial charge in [0.1, 0.15) is 0 Å². The second-order valence-corrected chi connectivity index (χ2v) is 2.37. The van der Waals surface area contributed by atoms with Gasteiger partial charge in [-0.15, -0.1) is 24.7 Å². The highest BCUT2D eigenvalue weighted by Gasteiger charge is 1.98. The van der Waals surface area contributed by atoms with Gasteiger partial charge in [-0.1, -0.05) is 6.92 Å². The molecule has 0 amide bonds. The number of hydrogen-bond acceptors (Lipinski definition) is 0. The van der Waals surface area contributed by atoms with Crippen molar-refractivity contribution in [2.75, 3.05) is 0 Å². The Labute approximate surface area is 64.0 Å². The molecule has 54 valence electrons. The lowest BCUT2D eigenvalue weighted by Gasteiger charge is -2.03. The summed E-state index contributed by atoms with van der Waals surface area (Å²) in [4.78, 5) is 0. The van der Waals surface area contributed by atoms with Crippen molar-refractivity contribution in [2.45, 2.75) is 32.6 Å². The van der Waals surface area contributed by atoms with E-state index < -0.39 is 0 Å². The summed E-state index contributed by atoms with van der Waals surface area (Å²) in [5.41, 5.74) is 0. The van der Waals surface area contributed by atoms with E-state index in [0.717, 1.165) is 25.7 Å². The molecule has 1 unspecified atom stereocenters. The molecule has 0 rings (SSSR count). The third-order valence-corrected chi connectivity index (χ3v) is 1.60. The first-order valence-corrected chi connectivity index (χ1v) is 3.74. The first-order chi connectivity index (χ1) is 4.85. The number of hydrogen-bond donors (Lipinski definition) is 0. The average molecular weight is 134 g/mol. The molecule has 0 nitrogen and oxygen atoms in total. The van der Waals surface area contributed by atoms with Gasteiger partial charge in [-0.2, -0.15) is 0 Å². The zero-order chi connectivity index (χ0) is 7.82. The van der Waals surface area contributed by atoms with Crippen LogP contribution in [0.2, 0.25) is 0 Å². The van der Waals surface area contributed by atoms with Crippen molar-refractivity contribution >= 4 is 0 Å². The smallest absolute Gasteiger partial charge is 0.0197 e. The van der Waals surface area contributed by atoms with Gasteiger partial charge in [0.05, 0.1) is 0 Å². The Kier molecular flexibility index (Phi) is 5.69. The SMILES string of the molecule is C#CCCCC(C#C)CC. The summed E-state index contributed by atoms with van der Waals surface area (Å²) < 4.78 is 0. The Bertz CT molecular complexity index is 142. The largest absolute Gasteiger partial charge is 0.120 e. The van der Waals surface area contributed by atoms with Crippen molar-refractivity contribution in [3.63, 3.8) is 0 Å². The summed E-state index contributed by atoms with van der Waals surface area (Å²) in [5, 5.41) is 0. The van der Waals surface area contributed by atoms with Crippen LogP contribution >= 0.6 is 0 Å². The molecule has 0 aliphatic carbocycles. The van der Waals surface area contributed by atoms with Crippen LogP contribution in [0.5, 0.6) is 0 Å². The molecule has 0 aromatic carbocycles. The molecule has 0 spiro atoms. The second-order valence-electron chi connectivity index (χ2n) is 2.37. The molecule has 0 fully saturated rings. The van der Waals surface area contributed by atoms with E-state index in [2.05, 4.69) is 18.8 Å². The topological polar surface area (TPSA) is 0 Å². The van der Waals surface area contributed by atoms with Crippen molar-refractivity contribution in [1.29, 1.82) is 0 Å². The first-order valence-electron chi connectivity index (χ1n) is 3.74. The van der Waals surface area contributed by atoms with Crippen LogP contribution in [0, 0.1) is 30.6 Å². The van der Waals surface area contributed by atoms with E-state index in [1.807, 2.05) is 0 Å². The van der Waals surface area contributed by atoms with Gasteiger partial charge in [0, 0.05) is 12.3 Å². The molecular formula is C10H14.